The van der Waals surface area contributed by atoms with Crippen LogP contribution in [0.5, 0.6) is 0 Å². The molecule has 0 fully saturated rings. The second-order valence-electron chi connectivity index (χ2n) is 7.71. The first-order valence-corrected chi connectivity index (χ1v) is 11.1. The summed E-state index contributed by atoms with van der Waals surface area (Å²) in [6.45, 7) is 7.94. The van der Waals surface area contributed by atoms with Crippen LogP contribution in [0.2, 0.25) is 0 Å². The van der Waals surface area contributed by atoms with Crippen LogP contribution < -0.4 is 16.6 Å². The van der Waals surface area contributed by atoms with E-state index in [4.69, 9.17) is 0 Å². The molecule has 0 saturated heterocycles. The fraction of sp³-hybridized carbons (Fsp3) is 0.409. The lowest BCUT2D eigenvalue weighted by Gasteiger charge is -2.14. The molecule has 8 nitrogen and oxygen atoms in total. The Morgan fingerprint density at radius 3 is 2.32 bits per heavy atom. The van der Waals surface area contributed by atoms with Gasteiger partial charge in [0, 0.05) is 26.2 Å². The van der Waals surface area contributed by atoms with Crippen molar-refractivity contribution in [3.63, 3.8) is 0 Å². The minimum Gasteiger partial charge on any atom is -0.325 e. The molecule has 9 heteroatoms. The molecule has 1 aromatic carbocycles. The summed E-state index contributed by atoms with van der Waals surface area (Å²) in [7, 11) is 3.01. The molecule has 3 rings (SSSR count). The lowest BCUT2D eigenvalue weighted by molar-refractivity contribution is -0.113. The summed E-state index contributed by atoms with van der Waals surface area (Å²) in [5.74, 6) is 0.438. The molecule has 0 spiro atoms. The summed E-state index contributed by atoms with van der Waals surface area (Å²) in [5, 5.41) is 3.64. The van der Waals surface area contributed by atoms with Gasteiger partial charge in [0.2, 0.25) is 5.91 Å². The predicted octanol–water partition coefficient (Wildman–Crippen LogP) is 2.64. The van der Waals surface area contributed by atoms with Gasteiger partial charge in [-0.05, 0) is 38.3 Å². The van der Waals surface area contributed by atoms with Gasteiger partial charge in [-0.25, -0.2) is 14.8 Å². The third-order valence-corrected chi connectivity index (χ3v) is 6.04. The number of amides is 1. The highest BCUT2D eigenvalue weighted by Gasteiger charge is 2.18. The van der Waals surface area contributed by atoms with Gasteiger partial charge < -0.3 is 5.32 Å². The Kier molecular flexibility index (Phi) is 6.64. The van der Waals surface area contributed by atoms with Crippen molar-refractivity contribution in [2.24, 2.45) is 14.1 Å². The summed E-state index contributed by atoms with van der Waals surface area (Å²) in [5.41, 5.74) is 3.31. The van der Waals surface area contributed by atoms with Gasteiger partial charge >= 0.3 is 5.69 Å². The number of fused-ring (bicyclic) bond motifs is 1. The molecule has 0 aliphatic heterocycles. The molecule has 1 N–H and O–H groups in total. The van der Waals surface area contributed by atoms with E-state index in [-0.39, 0.29) is 17.0 Å². The van der Waals surface area contributed by atoms with Crippen molar-refractivity contribution in [2.75, 3.05) is 11.1 Å². The molecule has 0 aliphatic rings. The van der Waals surface area contributed by atoms with Gasteiger partial charge in [-0.15, -0.1) is 0 Å². The lowest BCUT2D eigenvalue weighted by atomic mass is 10.1. The number of nitrogens with zero attached hydrogens (tertiary/aromatic N) is 4. The van der Waals surface area contributed by atoms with Gasteiger partial charge in [0.1, 0.15) is 16.2 Å². The molecule has 2 heterocycles. The van der Waals surface area contributed by atoms with Gasteiger partial charge in [0.05, 0.1) is 5.75 Å². The Labute approximate surface area is 184 Å². The normalized spacial score (nSPS) is 11.2. The van der Waals surface area contributed by atoms with Crippen LogP contribution >= 0.6 is 11.8 Å². The van der Waals surface area contributed by atoms with Crippen molar-refractivity contribution >= 4 is 34.4 Å². The van der Waals surface area contributed by atoms with Gasteiger partial charge in [-0.2, -0.15) is 0 Å². The van der Waals surface area contributed by atoms with Crippen molar-refractivity contribution in [3.8, 4) is 0 Å². The van der Waals surface area contributed by atoms with Crippen LogP contribution in [0.3, 0.4) is 0 Å². The van der Waals surface area contributed by atoms with Gasteiger partial charge in [0.15, 0.2) is 5.65 Å². The van der Waals surface area contributed by atoms with Gasteiger partial charge in [-0.1, -0.05) is 36.4 Å². The number of hydrogen-bond acceptors (Lipinski definition) is 6. The molecule has 0 aliphatic carbocycles. The highest BCUT2D eigenvalue weighted by atomic mass is 32.2. The van der Waals surface area contributed by atoms with Crippen molar-refractivity contribution in [1.82, 2.24) is 19.1 Å². The molecule has 164 valence electrons. The number of rotatable bonds is 6. The molecule has 1 amide bonds. The maximum Gasteiger partial charge on any atom is 0.332 e. The summed E-state index contributed by atoms with van der Waals surface area (Å²) in [6, 6.07) is 4.05. The highest BCUT2D eigenvalue weighted by Crippen LogP contribution is 2.25. The summed E-state index contributed by atoms with van der Waals surface area (Å²) >= 11 is 1.18. The second-order valence-corrected chi connectivity index (χ2v) is 8.67. The SMILES string of the molecule is CCCc1nc(SCC(=O)Nc2c(C)cc(C)cc2C)c2c(=O)n(C)c(=O)n(C)c2n1. The predicted molar refractivity (Wildman–Crippen MR) is 124 cm³/mol. The standard InChI is InChI=1S/C22H27N5O3S/c1-7-8-15-23-19-17(21(29)27(6)22(30)26(19)5)20(24-15)31-11-16(28)25-18-13(3)9-12(2)10-14(18)4/h9-10H,7-8,11H2,1-6H3,(H,25,28). The zero-order chi connectivity index (χ0) is 22.9. The van der Waals surface area contributed by atoms with E-state index in [1.54, 1.807) is 7.05 Å². The number of carbonyl (C=O) groups is 1. The summed E-state index contributed by atoms with van der Waals surface area (Å²) in [4.78, 5) is 46.8. The molecule has 0 bridgehead atoms. The molecular weight excluding hydrogens is 414 g/mol. The third kappa shape index (κ3) is 4.56. The van der Waals surface area contributed by atoms with E-state index in [9.17, 15) is 14.4 Å². The van der Waals surface area contributed by atoms with Crippen molar-refractivity contribution in [2.45, 2.75) is 45.6 Å². The van der Waals surface area contributed by atoms with Crippen LogP contribution in [0.1, 0.15) is 35.9 Å². The van der Waals surface area contributed by atoms with Gasteiger partial charge in [0.25, 0.3) is 5.56 Å². The molecule has 0 atom stereocenters. The van der Waals surface area contributed by atoms with E-state index >= 15 is 0 Å². The van der Waals surface area contributed by atoms with Crippen LogP contribution in [0, 0.1) is 20.8 Å². The van der Waals surface area contributed by atoms with Crippen molar-refractivity contribution in [3.05, 3.63) is 55.5 Å². The minimum absolute atomic E-state index is 0.0798. The number of aryl methyl sites for hydroxylation is 5. The minimum atomic E-state index is -0.464. The maximum absolute atomic E-state index is 12.8. The average Bonchev–Trinajstić information content (AvgIpc) is 2.71. The molecule has 0 radical (unpaired) electrons. The Hall–Kier alpha value is -2.94. The Morgan fingerprint density at radius 2 is 1.71 bits per heavy atom. The topological polar surface area (TPSA) is 98.9 Å². The van der Waals surface area contributed by atoms with E-state index in [1.807, 2.05) is 39.8 Å². The zero-order valence-corrected chi connectivity index (χ0v) is 19.5. The first-order chi connectivity index (χ1) is 14.6. The van der Waals surface area contributed by atoms with Crippen LogP contribution in [0.25, 0.3) is 11.0 Å². The molecule has 0 unspecified atom stereocenters. The first kappa shape index (κ1) is 22.7. The van der Waals surface area contributed by atoms with Crippen LogP contribution in [-0.2, 0) is 25.3 Å². The monoisotopic (exact) mass is 441 g/mol. The van der Waals surface area contributed by atoms with E-state index in [0.29, 0.717) is 22.9 Å². The van der Waals surface area contributed by atoms with E-state index in [0.717, 1.165) is 33.4 Å². The van der Waals surface area contributed by atoms with Crippen LogP contribution in [0.4, 0.5) is 5.69 Å². The molecule has 3 aromatic rings. The molecule has 0 saturated carbocycles. The smallest absolute Gasteiger partial charge is 0.325 e. The Balaban J connectivity index is 1.96. The number of hydrogen-bond donors (Lipinski definition) is 1. The second kappa shape index (κ2) is 9.05. The Bertz CT molecular complexity index is 1270. The number of benzene rings is 1. The van der Waals surface area contributed by atoms with Crippen molar-refractivity contribution in [1.29, 1.82) is 0 Å². The quantitative estimate of drug-likeness (QED) is 0.466. The molecule has 2 aromatic heterocycles. The lowest BCUT2D eigenvalue weighted by Crippen LogP contribution is -2.38. The van der Waals surface area contributed by atoms with Crippen LogP contribution in [0.15, 0.2) is 26.7 Å². The number of carbonyl (C=O) groups excluding carboxylic acids is 1. The number of thioether (sulfide) groups is 1. The summed E-state index contributed by atoms with van der Waals surface area (Å²) < 4.78 is 2.38. The fourth-order valence-corrected chi connectivity index (χ4v) is 4.43. The van der Waals surface area contributed by atoms with Gasteiger partial charge in [-0.3, -0.25) is 18.7 Å². The molecular formula is C22H27N5O3S. The fourth-order valence-electron chi connectivity index (χ4n) is 3.60. The first-order valence-electron chi connectivity index (χ1n) is 10.1. The molecule has 31 heavy (non-hydrogen) atoms. The number of anilines is 1. The van der Waals surface area contributed by atoms with E-state index in [1.165, 1.54) is 23.4 Å². The zero-order valence-electron chi connectivity index (χ0n) is 18.7. The number of nitrogens with one attached hydrogen (secondary N) is 1. The average molecular weight is 442 g/mol. The van der Waals surface area contributed by atoms with E-state index < -0.39 is 11.2 Å². The van der Waals surface area contributed by atoms with Crippen molar-refractivity contribution < 1.29 is 4.79 Å². The van der Waals surface area contributed by atoms with Crippen LogP contribution in [-0.4, -0.2) is 30.8 Å². The highest BCUT2D eigenvalue weighted by molar-refractivity contribution is 8.00. The maximum atomic E-state index is 12.8. The third-order valence-electron chi connectivity index (χ3n) is 5.07. The summed E-state index contributed by atoms with van der Waals surface area (Å²) in [6.07, 6.45) is 1.43. The Morgan fingerprint density at radius 1 is 1.06 bits per heavy atom. The van der Waals surface area contributed by atoms with E-state index in [2.05, 4.69) is 15.3 Å². The number of aromatic nitrogens is 4. The largest absolute Gasteiger partial charge is 0.332 e.